The summed E-state index contributed by atoms with van der Waals surface area (Å²) in [5, 5.41) is 0. The predicted molar refractivity (Wildman–Crippen MR) is 183 cm³/mol. The second-order valence-electron chi connectivity index (χ2n) is 13.0. The molecule has 0 saturated carbocycles. The van der Waals surface area contributed by atoms with Crippen molar-refractivity contribution in [3.05, 3.63) is 0 Å². The molecule has 0 aromatic rings. The fourth-order valence-electron chi connectivity index (χ4n) is 5.91. The van der Waals surface area contributed by atoms with Crippen LogP contribution >= 0.6 is 15.4 Å². The van der Waals surface area contributed by atoms with Crippen molar-refractivity contribution in [3.63, 3.8) is 0 Å². The van der Waals surface area contributed by atoms with E-state index < -0.39 is 15.4 Å². The molecular formula is C34H72O7P2. The number of unbranched alkanes of at least 4 members (excludes halogenated alkanes) is 31. The average Bonchev–Trinajstić information content (AvgIpc) is 2.94. The van der Waals surface area contributed by atoms with Gasteiger partial charge in [-0.05, 0) is 12.8 Å². The van der Waals surface area contributed by atoms with Crippen LogP contribution in [0.25, 0.3) is 0 Å². The number of hydrogen-bond acceptors (Lipinski definition) is 3. The largest absolute Gasteiger partial charge is 0.469 e. The molecule has 4 N–H and O–H groups in total. The van der Waals surface area contributed by atoms with E-state index in [1.165, 1.54) is 167 Å². The van der Waals surface area contributed by atoms with E-state index in [4.69, 9.17) is 19.6 Å². The molecule has 43 heavy (non-hydrogen) atoms. The Bertz CT molecular complexity index is 597. The average molecular weight is 655 g/mol. The number of phosphoric acid groups is 1. The highest BCUT2D eigenvalue weighted by atomic mass is 31.2. The van der Waals surface area contributed by atoms with Gasteiger partial charge in [-0.15, -0.1) is 0 Å². The SMILES string of the molecule is O=P(O)(O)CCCCCCCCCCCCCCCCCCCCCCCCCCCCCCCCCCOP(=O)(O)O. The minimum atomic E-state index is -4.28. The molecular weight excluding hydrogens is 582 g/mol. The fourth-order valence-corrected chi connectivity index (χ4v) is 6.91. The Morgan fingerprint density at radius 1 is 0.302 bits per heavy atom. The van der Waals surface area contributed by atoms with Crippen LogP contribution in [0.4, 0.5) is 0 Å². The lowest BCUT2D eigenvalue weighted by molar-refractivity contribution is 0.193. The lowest BCUT2D eigenvalue weighted by Gasteiger charge is -2.05. The maximum Gasteiger partial charge on any atom is 0.469 e. The van der Waals surface area contributed by atoms with Crippen LogP contribution in [0.3, 0.4) is 0 Å². The molecule has 0 aliphatic heterocycles. The molecule has 0 radical (unpaired) electrons. The summed E-state index contributed by atoms with van der Waals surface area (Å²) in [5.74, 6) is 0. The zero-order chi connectivity index (χ0) is 31.7. The van der Waals surface area contributed by atoms with Gasteiger partial charge >= 0.3 is 15.4 Å². The summed E-state index contributed by atoms with van der Waals surface area (Å²) in [7, 11) is -8.06. The molecule has 7 nitrogen and oxygen atoms in total. The first-order valence-corrected chi connectivity index (χ1v) is 21.8. The van der Waals surface area contributed by atoms with Crippen molar-refractivity contribution < 1.29 is 33.2 Å². The fraction of sp³-hybridized carbons (Fsp3) is 1.00. The zero-order valence-electron chi connectivity index (χ0n) is 27.9. The minimum absolute atomic E-state index is 0.0508. The molecule has 0 aromatic carbocycles. The molecule has 0 rings (SSSR count). The number of phosphoric ester groups is 1. The molecule has 0 unspecified atom stereocenters. The zero-order valence-corrected chi connectivity index (χ0v) is 29.7. The van der Waals surface area contributed by atoms with Gasteiger partial charge in [0, 0.05) is 6.16 Å². The van der Waals surface area contributed by atoms with E-state index >= 15 is 0 Å². The quantitative estimate of drug-likeness (QED) is 0.0391. The molecule has 0 heterocycles. The molecule has 0 saturated heterocycles. The Balaban J connectivity index is 3.08. The molecule has 0 aliphatic carbocycles. The first-order valence-electron chi connectivity index (χ1n) is 18.5. The molecule has 0 spiro atoms. The topological polar surface area (TPSA) is 124 Å². The molecule has 0 amide bonds. The van der Waals surface area contributed by atoms with Gasteiger partial charge < -0.3 is 19.6 Å². The van der Waals surface area contributed by atoms with Gasteiger partial charge in [0.15, 0.2) is 0 Å². The molecule has 0 fully saturated rings. The van der Waals surface area contributed by atoms with Crippen LogP contribution in [0.5, 0.6) is 0 Å². The van der Waals surface area contributed by atoms with Gasteiger partial charge in [-0.2, -0.15) is 0 Å². The van der Waals surface area contributed by atoms with Gasteiger partial charge in [0.05, 0.1) is 6.61 Å². The Labute approximate surface area is 266 Å². The number of hydrogen-bond donors (Lipinski definition) is 4. The number of rotatable bonds is 36. The van der Waals surface area contributed by atoms with Crippen molar-refractivity contribution in [2.75, 3.05) is 12.8 Å². The lowest BCUT2D eigenvalue weighted by Crippen LogP contribution is -1.92. The molecule has 9 heteroatoms. The highest BCUT2D eigenvalue weighted by molar-refractivity contribution is 7.51. The summed E-state index contributed by atoms with van der Waals surface area (Å²) in [4.78, 5) is 34.9. The van der Waals surface area contributed by atoms with Gasteiger partial charge in [-0.1, -0.05) is 193 Å². The van der Waals surface area contributed by atoms with E-state index in [0.717, 1.165) is 32.1 Å². The first-order chi connectivity index (χ1) is 20.7. The van der Waals surface area contributed by atoms with E-state index in [0.29, 0.717) is 6.42 Å². The van der Waals surface area contributed by atoms with Gasteiger partial charge in [-0.25, -0.2) is 4.57 Å². The van der Waals surface area contributed by atoms with Crippen molar-refractivity contribution in [1.82, 2.24) is 0 Å². The van der Waals surface area contributed by atoms with Crippen LogP contribution in [0.2, 0.25) is 0 Å². The van der Waals surface area contributed by atoms with Crippen LogP contribution in [0.1, 0.15) is 205 Å². The highest BCUT2D eigenvalue weighted by Crippen LogP contribution is 2.36. The second kappa shape index (κ2) is 32.2. The van der Waals surface area contributed by atoms with Gasteiger partial charge in [0.25, 0.3) is 0 Å². The maximum atomic E-state index is 10.8. The van der Waals surface area contributed by atoms with Crippen LogP contribution in [-0.2, 0) is 13.7 Å². The van der Waals surface area contributed by atoms with E-state index in [9.17, 15) is 9.13 Å². The van der Waals surface area contributed by atoms with Crippen molar-refractivity contribution in [1.29, 1.82) is 0 Å². The second-order valence-corrected chi connectivity index (χ2v) is 16.0. The molecule has 0 atom stereocenters. The summed E-state index contributed by atoms with van der Waals surface area (Å²) in [5.41, 5.74) is 0. The Morgan fingerprint density at radius 3 is 0.674 bits per heavy atom. The summed E-state index contributed by atoms with van der Waals surface area (Å²) >= 11 is 0. The standard InChI is InChI=1S/C34H72O7P2/c35-42(36,37)34-32-30-28-26-24-22-20-18-16-14-12-10-8-6-4-2-1-3-5-7-9-11-13-15-17-19-21-23-25-27-29-31-33-41-43(38,39)40/h1-34H2,(H2,35,36,37)(H2,38,39,40). The smallest absolute Gasteiger partial charge is 0.324 e. The van der Waals surface area contributed by atoms with Gasteiger partial charge in [0.2, 0.25) is 0 Å². The van der Waals surface area contributed by atoms with Gasteiger partial charge in [-0.3, -0.25) is 9.09 Å². The van der Waals surface area contributed by atoms with Crippen molar-refractivity contribution in [2.24, 2.45) is 0 Å². The lowest BCUT2D eigenvalue weighted by atomic mass is 10.0. The van der Waals surface area contributed by atoms with E-state index in [1.54, 1.807) is 0 Å². The maximum absolute atomic E-state index is 10.8. The van der Waals surface area contributed by atoms with E-state index in [-0.39, 0.29) is 12.8 Å². The Kier molecular flexibility index (Phi) is 32.4. The van der Waals surface area contributed by atoms with Crippen LogP contribution in [-0.4, -0.2) is 32.3 Å². The van der Waals surface area contributed by atoms with Crippen LogP contribution in [0.15, 0.2) is 0 Å². The first kappa shape index (κ1) is 43.3. The third-order valence-electron chi connectivity index (χ3n) is 8.60. The van der Waals surface area contributed by atoms with Crippen LogP contribution < -0.4 is 0 Å². The predicted octanol–water partition coefficient (Wildman–Crippen LogP) is 11.8. The summed E-state index contributed by atoms with van der Waals surface area (Å²) in [6.45, 7) is 0.160. The minimum Gasteiger partial charge on any atom is -0.324 e. The highest BCUT2D eigenvalue weighted by Gasteiger charge is 2.12. The molecule has 0 bridgehead atoms. The Morgan fingerprint density at radius 2 is 0.488 bits per heavy atom. The van der Waals surface area contributed by atoms with Crippen molar-refractivity contribution in [2.45, 2.75) is 205 Å². The van der Waals surface area contributed by atoms with Crippen molar-refractivity contribution in [3.8, 4) is 0 Å². The normalized spacial score (nSPS) is 12.4. The third-order valence-corrected chi connectivity index (χ3v) is 10.0. The Hall–Kier alpha value is 0.260. The monoisotopic (exact) mass is 654 g/mol. The van der Waals surface area contributed by atoms with E-state index in [1.807, 2.05) is 0 Å². The summed E-state index contributed by atoms with van der Waals surface area (Å²) < 4.78 is 25.8. The molecule has 0 aliphatic rings. The van der Waals surface area contributed by atoms with E-state index in [2.05, 4.69) is 4.52 Å². The summed E-state index contributed by atoms with van der Waals surface area (Å²) in [6.07, 6.45) is 41.2. The third kappa shape index (κ3) is 42.3. The van der Waals surface area contributed by atoms with Gasteiger partial charge in [0.1, 0.15) is 0 Å². The molecule has 260 valence electrons. The van der Waals surface area contributed by atoms with Crippen LogP contribution in [0, 0.1) is 0 Å². The summed E-state index contributed by atoms with van der Waals surface area (Å²) in [6, 6.07) is 0. The van der Waals surface area contributed by atoms with Crippen molar-refractivity contribution >= 4 is 15.4 Å². The molecule has 0 aromatic heterocycles.